The minimum absolute atomic E-state index is 0.0550. The minimum atomic E-state index is -0.822. The molecule has 1 aromatic heterocycles. The van der Waals surface area contributed by atoms with Gasteiger partial charge < -0.3 is 9.84 Å². The van der Waals surface area contributed by atoms with E-state index >= 15 is 0 Å². The van der Waals surface area contributed by atoms with Crippen molar-refractivity contribution in [2.75, 3.05) is 13.2 Å². The number of rotatable bonds is 6. The average molecular weight is 254 g/mol. The van der Waals surface area contributed by atoms with Gasteiger partial charge in [-0.05, 0) is 23.3 Å². The predicted molar refractivity (Wildman–Crippen MR) is 62.2 cm³/mol. The molecule has 0 spiro atoms. The standard InChI is InChI=1S/C11H18N4O3/c1-2-3-9(6-10(16)17)15-11(12-13-14-15)8-4-5-18-7-8/h8-9H,2-7H2,1H3,(H,16,17). The number of aromatic nitrogens is 4. The Morgan fingerprint density at radius 2 is 2.50 bits per heavy atom. The van der Waals surface area contributed by atoms with E-state index in [1.165, 1.54) is 0 Å². The number of carbonyl (C=O) groups is 1. The molecule has 0 aromatic carbocycles. The molecule has 2 unspecified atom stereocenters. The monoisotopic (exact) mass is 254 g/mol. The first kappa shape index (κ1) is 12.9. The van der Waals surface area contributed by atoms with Crippen molar-refractivity contribution in [2.45, 2.75) is 44.6 Å². The van der Waals surface area contributed by atoms with E-state index in [9.17, 15) is 4.79 Å². The highest BCUT2D eigenvalue weighted by Gasteiger charge is 2.27. The van der Waals surface area contributed by atoms with E-state index in [1.807, 2.05) is 6.92 Å². The molecule has 1 saturated heterocycles. The third-order valence-corrected chi connectivity index (χ3v) is 3.19. The normalized spacial score (nSPS) is 21.1. The summed E-state index contributed by atoms with van der Waals surface area (Å²) in [4.78, 5) is 10.9. The van der Waals surface area contributed by atoms with Crippen LogP contribution in [0, 0.1) is 0 Å². The number of nitrogens with zero attached hydrogens (tertiary/aromatic N) is 4. The average Bonchev–Trinajstić information content (AvgIpc) is 2.98. The van der Waals surface area contributed by atoms with Crippen molar-refractivity contribution < 1.29 is 14.6 Å². The molecule has 2 atom stereocenters. The van der Waals surface area contributed by atoms with E-state index in [0.29, 0.717) is 6.61 Å². The Hall–Kier alpha value is -1.50. The maximum atomic E-state index is 10.9. The van der Waals surface area contributed by atoms with Gasteiger partial charge in [-0.25, -0.2) is 4.68 Å². The summed E-state index contributed by atoms with van der Waals surface area (Å²) in [5, 5.41) is 20.7. The zero-order chi connectivity index (χ0) is 13.0. The number of tetrazole rings is 1. The van der Waals surface area contributed by atoms with Gasteiger partial charge in [0.1, 0.15) is 0 Å². The van der Waals surface area contributed by atoms with Crippen LogP contribution in [0.25, 0.3) is 0 Å². The molecule has 0 saturated carbocycles. The van der Waals surface area contributed by atoms with E-state index in [0.717, 1.165) is 31.7 Å². The van der Waals surface area contributed by atoms with Crippen LogP contribution < -0.4 is 0 Å². The summed E-state index contributed by atoms with van der Waals surface area (Å²) in [6.45, 7) is 3.36. The maximum absolute atomic E-state index is 10.9. The molecule has 100 valence electrons. The molecule has 2 heterocycles. The Labute approximate surface area is 105 Å². The first-order chi connectivity index (χ1) is 8.72. The van der Waals surface area contributed by atoms with Gasteiger partial charge in [-0.3, -0.25) is 4.79 Å². The molecule has 0 bridgehead atoms. The summed E-state index contributed by atoms with van der Waals surface area (Å²) in [6, 6.07) is -0.168. The summed E-state index contributed by atoms with van der Waals surface area (Å²) in [6.07, 6.45) is 2.61. The number of hydrogen-bond donors (Lipinski definition) is 1. The van der Waals surface area contributed by atoms with Crippen molar-refractivity contribution in [3.05, 3.63) is 5.82 Å². The lowest BCUT2D eigenvalue weighted by molar-refractivity contribution is -0.138. The van der Waals surface area contributed by atoms with Crippen LogP contribution in [-0.4, -0.2) is 44.5 Å². The molecule has 1 aliphatic heterocycles. The first-order valence-electron chi connectivity index (χ1n) is 6.29. The Balaban J connectivity index is 2.18. The van der Waals surface area contributed by atoms with Crippen LogP contribution in [0.4, 0.5) is 0 Å². The Morgan fingerprint density at radius 3 is 3.11 bits per heavy atom. The Morgan fingerprint density at radius 1 is 1.67 bits per heavy atom. The molecule has 0 aliphatic carbocycles. The number of carboxylic acid groups (broad SMARTS) is 1. The number of ether oxygens (including phenoxy) is 1. The molecule has 2 rings (SSSR count). The first-order valence-corrected chi connectivity index (χ1v) is 6.29. The van der Waals surface area contributed by atoms with Crippen molar-refractivity contribution in [3.63, 3.8) is 0 Å². The van der Waals surface area contributed by atoms with Crippen LogP contribution in [0.1, 0.15) is 50.4 Å². The van der Waals surface area contributed by atoms with E-state index in [1.54, 1.807) is 4.68 Å². The molecule has 7 nitrogen and oxygen atoms in total. The van der Waals surface area contributed by atoms with Crippen molar-refractivity contribution >= 4 is 5.97 Å². The van der Waals surface area contributed by atoms with Crippen molar-refractivity contribution in [3.8, 4) is 0 Å². The van der Waals surface area contributed by atoms with Crippen LogP contribution in [-0.2, 0) is 9.53 Å². The van der Waals surface area contributed by atoms with Gasteiger partial charge in [0.15, 0.2) is 5.82 Å². The van der Waals surface area contributed by atoms with Gasteiger partial charge >= 0.3 is 5.97 Å². The summed E-state index contributed by atoms with van der Waals surface area (Å²) in [5.74, 6) is 0.123. The smallest absolute Gasteiger partial charge is 0.305 e. The van der Waals surface area contributed by atoms with Crippen molar-refractivity contribution in [1.82, 2.24) is 20.2 Å². The molecular weight excluding hydrogens is 236 g/mol. The largest absolute Gasteiger partial charge is 0.481 e. The molecular formula is C11H18N4O3. The third-order valence-electron chi connectivity index (χ3n) is 3.19. The third kappa shape index (κ3) is 2.84. The summed E-state index contributed by atoms with van der Waals surface area (Å²) in [7, 11) is 0. The second-order valence-electron chi connectivity index (χ2n) is 4.58. The summed E-state index contributed by atoms with van der Waals surface area (Å²) < 4.78 is 7.01. The lowest BCUT2D eigenvalue weighted by Gasteiger charge is -2.17. The highest BCUT2D eigenvalue weighted by molar-refractivity contribution is 5.67. The maximum Gasteiger partial charge on any atom is 0.305 e. The lowest BCUT2D eigenvalue weighted by atomic mass is 10.1. The second-order valence-corrected chi connectivity index (χ2v) is 4.58. The number of hydrogen-bond acceptors (Lipinski definition) is 5. The molecule has 0 radical (unpaired) electrons. The summed E-state index contributed by atoms with van der Waals surface area (Å²) >= 11 is 0. The SMILES string of the molecule is CCCC(CC(=O)O)n1nnnc1C1CCOC1. The van der Waals surface area contributed by atoms with E-state index in [4.69, 9.17) is 9.84 Å². The molecule has 1 fully saturated rings. The second kappa shape index (κ2) is 5.90. The molecule has 18 heavy (non-hydrogen) atoms. The predicted octanol–water partition coefficient (Wildman–Crippen LogP) is 0.993. The number of aliphatic carboxylic acids is 1. The van der Waals surface area contributed by atoms with Crippen LogP contribution in [0.3, 0.4) is 0 Å². The van der Waals surface area contributed by atoms with E-state index in [-0.39, 0.29) is 18.4 Å². The highest BCUT2D eigenvalue weighted by Crippen LogP contribution is 2.27. The Bertz CT molecular complexity index is 401. The van der Waals surface area contributed by atoms with Crippen molar-refractivity contribution in [2.24, 2.45) is 0 Å². The van der Waals surface area contributed by atoms with Gasteiger partial charge in [-0.2, -0.15) is 0 Å². The van der Waals surface area contributed by atoms with Gasteiger partial charge in [0.2, 0.25) is 0 Å². The van der Waals surface area contributed by atoms with Gasteiger partial charge in [-0.1, -0.05) is 13.3 Å². The Kier molecular flexibility index (Phi) is 4.24. The topological polar surface area (TPSA) is 90.1 Å². The fraction of sp³-hybridized carbons (Fsp3) is 0.818. The van der Waals surface area contributed by atoms with Crippen LogP contribution in [0.15, 0.2) is 0 Å². The molecule has 1 aliphatic rings. The lowest BCUT2D eigenvalue weighted by Crippen LogP contribution is -2.19. The van der Waals surface area contributed by atoms with Gasteiger partial charge in [-0.15, -0.1) is 5.10 Å². The van der Waals surface area contributed by atoms with Gasteiger partial charge in [0.25, 0.3) is 0 Å². The molecule has 1 aromatic rings. The zero-order valence-corrected chi connectivity index (χ0v) is 10.4. The van der Waals surface area contributed by atoms with Gasteiger partial charge in [0.05, 0.1) is 19.1 Å². The highest BCUT2D eigenvalue weighted by atomic mass is 16.5. The van der Waals surface area contributed by atoms with Crippen LogP contribution in [0.5, 0.6) is 0 Å². The van der Waals surface area contributed by atoms with Crippen molar-refractivity contribution in [1.29, 1.82) is 0 Å². The quantitative estimate of drug-likeness (QED) is 0.814. The summed E-state index contributed by atoms with van der Waals surface area (Å²) in [5.41, 5.74) is 0. The fourth-order valence-electron chi connectivity index (χ4n) is 2.31. The molecule has 7 heteroatoms. The van der Waals surface area contributed by atoms with Crippen LogP contribution in [0.2, 0.25) is 0 Å². The minimum Gasteiger partial charge on any atom is -0.481 e. The van der Waals surface area contributed by atoms with Crippen LogP contribution >= 0.6 is 0 Å². The van der Waals surface area contributed by atoms with E-state index < -0.39 is 5.97 Å². The zero-order valence-electron chi connectivity index (χ0n) is 10.4. The molecule has 1 N–H and O–H groups in total. The fourth-order valence-corrected chi connectivity index (χ4v) is 2.31. The van der Waals surface area contributed by atoms with Gasteiger partial charge in [0, 0.05) is 12.5 Å². The van der Waals surface area contributed by atoms with E-state index in [2.05, 4.69) is 15.5 Å². The number of carboxylic acids is 1. The molecule has 0 amide bonds.